The van der Waals surface area contributed by atoms with Crippen molar-refractivity contribution in [2.45, 2.75) is 20.0 Å². The zero-order chi connectivity index (χ0) is 18.7. The second-order valence-electron chi connectivity index (χ2n) is 5.87. The summed E-state index contributed by atoms with van der Waals surface area (Å²) >= 11 is 0. The lowest BCUT2D eigenvalue weighted by molar-refractivity contribution is -0.123. The van der Waals surface area contributed by atoms with Crippen LogP contribution in [0.15, 0.2) is 63.8 Å². The van der Waals surface area contributed by atoms with Crippen molar-refractivity contribution in [1.29, 1.82) is 0 Å². The van der Waals surface area contributed by atoms with Crippen LogP contribution in [0.4, 0.5) is 5.69 Å². The summed E-state index contributed by atoms with van der Waals surface area (Å²) in [6.45, 7) is 3.38. The van der Waals surface area contributed by atoms with Crippen molar-refractivity contribution >= 4 is 28.5 Å². The lowest BCUT2D eigenvalue weighted by atomic mass is 10.2. The summed E-state index contributed by atoms with van der Waals surface area (Å²) in [5, 5.41) is 3.03. The quantitative estimate of drug-likeness (QED) is 0.729. The Hall–Kier alpha value is -3.41. The Morgan fingerprint density at radius 3 is 2.50 bits per heavy atom. The number of esters is 1. The van der Waals surface area contributed by atoms with Crippen LogP contribution in [0.2, 0.25) is 0 Å². The Labute approximate surface area is 149 Å². The number of carbonyl (C=O) groups is 2. The van der Waals surface area contributed by atoms with Crippen molar-refractivity contribution in [3.8, 4) is 0 Å². The van der Waals surface area contributed by atoms with Crippen molar-refractivity contribution in [3.05, 3.63) is 76.1 Å². The van der Waals surface area contributed by atoms with Gasteiger partial charge in [0.15, 0.2) is 11.5 Å². The molecule has 0 bridgehead atoms. The van der Waals surface area contributed by atoms with Gasteiger partial charge in [-0.3, -0.25) is 9.59 Å². The number of anilines is 1. The van der Waals surface area contributed by atoms with Crippen LogP contribution in [0, 0.1) is 6.92 Å². The fraction of sp³-hybridized carbons (Fsp3) is 0.150. The van der Waals surface area contributed by atoms with Gasteiger partial charge in [0.25, 0.3) is 5.91 Å². The van der Waals surface area contributed by atoms with Gasteiger partial charge < -0.3 is 14.5 Å². The van der Waals surface area contributed by atoms with E-state index in [9.17, 15) is 14.4 Å². The maximum atomic E-state index is 12.2. The molecule has 0 saturated heterocycles. The first kappa shape index (κ1) is 17.4. The molecule has 3 aromatic rings. The fourth-order valence-electron chi connectivity index (χ4n) is 2.36. The number of carbonyl (C=O) groups excluding carboxylic acids is 2. The molecule has 132 valence electrons. The van der Waals surface area contributed by atoms with Gasteiger partial charge in [0, 0.05) is 11.8 Å². The number of amides is 1. The summed E-state index contributed by atoms with van der Waals surface area (Å²) in [6.07, 6.45) is -1.06. The summed E-state index contributed by atoms with van der Waals surface area (Å²) in [6, 6.07) is 14.9. The summed E-state index contributed by atoms with van der Waals surface area (Å²) in [7, 11) is 0. The minimum absolute atomic E-state index is 0.247. The highest BCUT2D eigenvalue weighted by molar-refractivity contribution is 5.97. The zero-order valence-corrected chi connectivity index (χ0v) is 14.3. The third-order valence-corrected chi connectivity index (χ3v) is 3.81. The van der Waals surface area contributed by atoms with Crippen LogP contribution in [0.3, 0.4) is 0 Å². The Bertz CT molecular complexity index is 1020. The molecule has 6 nitrogen and oxygen atoms in total. The van der Waals surface area contributed by atoms with Gasteiger partial charge in [-0.2, -0.15) is 0 Å². The third kappa shape index (κ3) is 3.80. The summed E-state index contributed by atoms with van der Waals surface area (Å²) < 4.78 is 10.5. The molecule has 1 heterocycles. The Kier molecular flexibility index (Phi) is 4.84. The van der Waals surface area contributed by atoms with E-state index in [1.807, 2.05) is 19.1 Å². The fourth-order valence-corrected chi connectivity index (χ4v) is 2.36. The van der Waals surface area contributed by atoms with Crippen molar-refractivity contribution in [1.82, 2.24) is 0 Å². The second kappa shape index (κ2) is 7.23. The van der Waals surface area contributed by atoms with Gasteiger partial charge >= 0.3 is 5.97 Å². The second-order valence-corrected chi connectivity index (χ2v) is 5.87. The number of aryl methyl sites for hydroxylation is 1. The molecule has 26 heavy (non-hydrogen) atoms. The minimum atomic E-state index is -1.06. The lowest BCUT2D eigenvalue weighted by Crippen LogP contribution is -2.30. The number of nitrogens with one attached hydrogen (secondary N) is 1. The average Bonchev–Trinajstić information content (AvgIpc) is 2.63. The van der Waals surface area contributed by atoms with E-state index in [4.69, 9.17) is 9.15 Å². The standard InChI is InChI=1S/C20H17NO5/c1-12-7-9-14(10-8-12)21-19(23)13(2)25-20(24)18-11-16(22)15-5-3-4-6-17(15)26-18/h3-11,13H,1-2H3,(H,21,23)/t13-/m1/s1. The number of rotatable bonds is 4. The predicted octanol–water partition coefficient (Wildman–Crippen LogP) is 3.29. The summed E-state index contributed by atoms with van der Waals surface area (Å²) in [5.74, 6) is -1.60. The third-order valence-electron chi connectivity index (χ3n) is 3.81. The normalized spacial score (nSPS) is 11.8. The molecule has 1 atom stereocenters. The highest BCUT2D eigenvalue weighted by atomic mass is 16.6. The van der Waals surface area contributed by atoms with E-state index in [1.165, 1.54) is 6.92 Å². The van der Waals surface area contributed by atoms with Gasteiger partial charge in [-0.15, -0.1) is 0 Å². The molecule has 0 spiro atoms. The monoisotopic (exact) mass is 351 g/mol. The van der Waals surface area contributed by atoms with Gasteiger partial charge in [0.1, 0.15) is 5.58 Å². The highest BCUT2D eigenvalue weighted by Crippen LogP contribution is 2.14. The first-order chi connectivity index (χ1) is 12.4. The molecule has 0 aliphatic rings. The molecule has 2 aromatic carbocycles. The van der Waals surface area contributed by atoms with E-state index in [1.54, 1.807) is 36.4 Å². The topological polar surface area (TPSA) is 85.6 Å². The number of fused-ring (bicyclic) bond motifs is 1. The highest BCUT2D eigenvalue weighted by Gasteiger charge is 2.21. The van der Waals surface area contributed by atoms with Gasteiger partial charge in [-0.25, -0.2) is 4.79 Å². The van der Waals surface area contributed by atoms with Crippen molar-refractivity contribution in [3.63, 3.8) is 0 Å². The number of para-hydroxylation sites is 1. The van der Waals surface area contributed by atoms with Crippen molar-refractivity contribution < 1.29 is 18.7 Å². The molecule has 0 unspecified atom stereocenters. The van der Waals surface area contributed by atoms with Crippen LogP contribution in [-0.4, -0.2) is 18.0 Å². The Balaban J connectivity index is 1.71. The lowest BCUT2D eigenvalue weighted by Gasteiger charge is -2.13. The molecule has 0 saturated carbocycles. The van der Waals surface area contributed by atoms with Crippen molar-refractivity contribution in [2.75, 3.05) is 5.32 Å². The molecule has 1 N–H and O–H groups in total. The SMILES string of the molecule is Cc1ccc(NC(=O)[C@@H](C)OC(=O)c2cc(=O)c3ccccc3o2)cc1. The van der Waals surface area contributed by atoms with E-state index >= 15 is 0 Å². The molecule has 3 rings (SSSR count). The number of ether oxygens (including phenoxy) is 1. The first-order valence-corrected chi connectivity index (χ1v) is 8.05. The van der Waals surface area contributed by atoms with E-state index in [-0.39, 0.29) is 16.8 Å². The van der Waals surface area contributed by atoms with E-state index in [0.717, 1.165) is 11.6 Å². The number of hydrogen-bond donors (Lipinski definition) is 1. The van der Waals surface area contributed by atoms with E-state index < -0.39 is 18.0 Å². The zero-order valence-electron chi connectivity index (χ0n) is 14.3. The molecular weight excluding hydrogens is 334 g/mol. The van der Waals surface area contributed by atoms with Crippen LogP contribution in [0.5, 0.6) is 0 Å². The van der Waals surface area contributed by atoms with Crippen LogP contribution in [0.1, 0.15) is 23.0 Å². The Morgan fingerprint density at radius 2 is 1.77 bits per heavy atom. The minimum Gasteiger partial charge on any atom is -0.449 e. The van der Waals surface area contributed by atoms with Gasteiger partial charge in [-0.1, -0.05) is 29.8 Å². The summed E-state index contributed by atoms with van der Waals surface area (Å²) in [4.78, 5) is 36.4. The molecule has 0 radical (unpaired) electrons. The molecule has 1 aromatic heterocycles. The van der Waals surface area contributed by atoms with Gasteiger partial charge in [0.2, 0.25) is 5.76 Å². The van der Waals surface area contributed by atoms with Crippen LogP contribution in [-0.2, 0) is 9.53 Å². The van der Waals surface area contributed by atoms with Crippen LogP contribution < -0.4 is 10.7 Å². The Morgan fingerprint density at radius 1 is 1.08 bits per heavy atom. The van der Waals surface area contributed by atoms with Gasteiger partial charge in [0.05, 0.1) is 5.39 Å². The molecule has 1 amide bonds. The molecule has 0 fully saturated rings. The van der Waals surface area contributed by atoms with Gasteiger partial charge in [-0.05, 0) is 38.1 Å². The maximum Gasteiger partial charge on any atom is 0.375 e. The first-order valence-electron chi connectivity index (χ1n) is 8.05. The van der Waals surface area contributed by atoms with E-state index in [0.29, 0.717) is 11.1 Å². The molecule has 0 aliphatic carbocycles. The van der Waals surface area contributed by atoms with Crippen LogP contribution >= 0.6 is 0 Å². The molecule has 0 aliphatic heterocycles. The smallest absolute Gasteiger partial charge is 0.375 e. The van der Waals surface area contributed by atoms with Crippen LogP contribution in [0.25, 0.3) is 11.0 Å². The van der Waals surface area contributed by atoms with Crippen molar-refractivity contribution in [2.24, 2.45) is 0 Å². The number of benzene rings is 2. The summed E-state index contributed by atoms with van der Waals surface area (Å²) in [5.41, 5.74) is 1.59. The maximum absolute atomic E-state index is 12.2. The van der Waals surface area contributed by atoms with E-state index in [2.05, 4.69) is 5.32 Å². The molecule has 6 heteroatoms. The largest absolute Gasteiger partial charge is 0.449 e. The average molecular weight is 351 g/mol. The predicted molar refractivity (Wildman–Crippen MR) is 97.2 cm³/mol. The number of hydrogen-bond acceptors (Lipinski definition) is 5. The molecular formula is C20H17NO5.